The van der Waals surface area contributed by atoms with Crippen molar-refractivity contribution in [3.8, 4) is 0 Å². The van der Waals surface area contributed by atoms with Gasteiger partial charge in [-0.2, -0.15) is 0 Å². The minimum atomic E-state index is -0.169. The Bertz CT molecular complexity index is 553. The van der Waals surface area contributed by atoms with Crippen LogP contribution in [0.5, 0.6) is 0 Å². The Labute approximate surface area is 102 Å². The lowest BCUT2D eigenvalue weighted by molar-refractivity contribution is 0.0772. The summed E-state index contributed by atoms with van der Waals surface area (Å²) in [5.41, 5.74) is 6.43. The third kappa shape index (κ3) is 2.09. The van der Waals surface area contributed by atoms with Crippen LogP contribution in [0, 0.1) is 0 Å². The van der Waals surface area contributed by atoms with Gasteiger partial charge in [0.25, 0.3) is 5.91 Å². The maximum atomic E-state index is 12.0. The maximum Gasteiger partial charge on any atom is 0.265 e. The number of anilines is 1. The van der Waals surface area contributed by atoms with E-state index >= 15 is 0 Å². The van der Waals surface area contributed by atoms with Gasteiger partial charge in [0.05, 0.1) is 17.0 Å². The molecule has 0 bridgehead atoms. The van der Waals surface area contributed by atoms with Gasteiger partial charge in [0.1, 0.15) is 4.88 Å². The van der Waals surface area contributed by atoms with Gasteiger partial charge in [-0.3, -0.25) is 9.78 Å². The van der Waals surface area contributed by atoms with Gasteiger partial charge in [-0.25, -0.2) is 0 Å². The summed E-state index contributed by atoms with van der Waals surface area (Å²) in [5, 5.41) is 9.66. The second-order valence-corrected chi connectivity index (χ2v) is 4.72. The molecule has 2 aromatic heterocycles. The highest BCUT2D eigenvalue weighted by Gasteiger charge is 2.19. The van der Waals surface area contributed by atoms with E-state index in [0.29, 0.717) is 17.1 Å². The second-order valence-electron chi connectivity index (χ2n) is 3.67. The fourth-order valence-corrected chi connectivity index (χ4v) is 2.64. The Kier molecular flexibility index (Phi) is 3.26. The lowest BCUT2D eigenvalue weighted by Gasteiger charge is -2.14. The zero-order chi connectivity index (χ0) is 12.4. The number of nitrogen functional groups attached to an aromatic ring is 1. The lowest BCUT2D eigenvalue weighted by atomic mass is 10.2. The number of aliphatic hydroxyl groups is 1. The summed E-state index contributed by atoms with van der Waals surface area (Å²) in [6.45, 7) is 0.235. The van der Waals surface area contributed by atoms with E-state index in [1.54, 1.807) is 25.5 Å². The van der Waals surface area contributed by atoms with Gasteiger partial charge >= 0.3 is 0 Å². The molecular weight excluding hydrogens is 238 g/mol. The maximum absolute atomic E-state index is 12.0. The highest BCUT2D eigenvalue weighted by Crippen LogP contribution is 2.33. The Morgan fingerprint density at radius 3 is 3.06 bits per heavy atom. The Morgan fingerprint density at radius 2 is 2.41 bits per heavy atom. The molecule has 0 aliphatic heterocycles. The van der Waals surface area contributed by atoms with Crippen molar-refractivity contribution < 1.29 is 9.90 Å². The number of hydrogen-bond acceptors (Lipinski definition) is 5. The number of nitrogens with two attached hydrogens (primary N) is 1. The van der Waals surface area contributed by atoms with Crippen molar-refractivity contribution in [1.29, 1.82) is 0 Å². The number of aromatic nitrogens is 1. The standard InChI is InChI=1S/C11H13N3O2S/c1-14(4-5-15)11(16)10-9(12)7-2-3-13-6-8(7)17-10/h2-3,6,15H,4-5,12H2,1H3. The van der Waals surface area contributed by atoms with Crippen molar-refractivity contribution in [2.75, 3.05) is 25.9 Å². The van der Waals surface area contributed by atoms with Crippen LogP contribution in [0.15, 0.2) is 18.5 Å². The van der Waals surface area contributed by atoms with Crippen LogP contribution < -0.4 is 5.73 Å². The number of pyridine rings is 1. The number of rotatable bonds is 3. The van der Waals surface area contributed by atoms with Crippen LogP contribution in [0.1, 0.15) is 9.67 Å². The molecule has 2 heterocycles. The highest BCUT2D eigenvalue weighted by molar-refractivity contribution is 7.21. The second kappa shape index (κ2) is 4.68. The summed E-state index contributed by atoms with van der Waals surface area (Å²) >= 11 is 1.33. The molecule has 17 heavy (non-hydrogen) atoms. The molecule has 0 atom stereocenters. The highest BCUT2D eigenvalue weighted by atomic mass is 32.1. The summed E-state index contributed by atoms with van der Waals surface area (Å²) in [5.74, 6) is -0.169. The summed E-state index contributed by atoms with van der Waals surface area (Å²) in [7, 11) is 1.64. The lowest BCUT2D eigenvalue weighted by Crippen LogP contribution is -2.29. The first-order chi connectivity index (χ1) is 8.15. The number of carbonyl (C=O) groups is 1. The molecular formula is C11H13N3O2S. The van der Waals surface area contributed by atoms with E-state index in [9.17, 15) is 4.79 Å². The molecule has 1 amide bonds. The van der Waals surface area contributed by atoms with Crippen molar-refractivity contribution in [1.82, 2.24) is 9.88 Å². The first-order valence-corrected chi connectivity index (χ1v) is 5.95. The monoisotopic (exact) mass is 251 g/mol. The minimum Gasteiger partial charge on any atom is -0.397 e. The average molecular weight is 251 g/mol. The van der Waals surface area contributed by atoms with E-state index in [4.69, 9.17) is 10.8 Å². The summed E-state index contributed by atoms with van der Waals surface area (Å²) in [6, 6.07) is 1.80. The first kappa shape index (κ1) is 11.8. The topological polar surface area (TPSA) is 79.5 Å². The summed E-state index contributed by atoms with van der Waals surface area (Å²) < 4.78 is 0.894. The van der Waals surface area contributed by atoms with Crippen LogP contribution in [0.3, 0.4) is 0 Å². The predicted molar refractivity (Wildman–Crippen MR) is 68.1 cm³/mol. The molecule has 0 radical (unpaired) electrons. The molecule has 0 aliphatic rings. The molecule has 0 saturated carbocycles. The molecule has 0 aliphatic carbocycles. The van der Waals surface area contributed by atoms with E-state index in [1.807, 2.05) is 0 Å². The van der Waals surface area contributed by atoms with Crippen LogP contribution in [-0.2, 0) is 0 Å². The predicted octanol–water partition coefficient (Wildman–Crippen LogP) is 0.943. The van der Waals surface area contributed by atoms with Crippen molar-refractivity contribution in [2.24, 2.45) is 0 Å². The van der Waals surface area contributed by atoms with Crippen molar-refractivity contribution >= 4 is 33.0 Å². The van der Waals surface area contributed by atoms with Gasteiger partial charge in [0.2, 0.25) is 0 Å². The van der Waals surface area contributed by atoms with Crippen LogP contribution >= 0.6 is 11.3 Å². The zero-order valence-electron chi connectivity index (χ0n) is 9.38. The Balaban J connectivity index is 2.42. The molecule has 6 heteroatoms. The zero-order valence-corrected chi connectivity index (χ0v) is 10.2. The SMILES string of the molecule is CN(CCO)C(=O)c1sc2cnccc2c1N. The van der Waals surface area contributed by atoms with Crippen molar-refractivity contribution in [2.45, 2.75) is 0 Å². The molecule has 0 saturated heterocycles. The van der Waals surface area contributed by atoms with Crippen LogP contribution in [-0.4, -0.2) is 41.1 Å². The van der Waals surface area contributed by atoms with E-state index < -0.39 is 0 Å². The third-order valence-corrected chi connectivity index (χ3v) is 3.65. The van der Waals surface area contributed by atoms with Crippen LogP contribution in [0.25, 0.3) is 10.1 Å². The minimum absolute atomic E-state index is 0.0609. The number of hydrogen-bond donors (Lipinski definition) is 2. The Morgan fingerprint density at radius 1 is 1.65 bits per heavy atom. The first-order valence-electron chi connectivity index (χ1n) is 5.13. The largest absolute Gasteiger partial charge is 0.397 e. The van der Waals surface area contributed by atoms with Gasteiger partial charge in [0, 0.05) is 31.4 Å². The van der Waals surface area contributed by atoms with E-state index in [-0.39, 0.29) is 12.5 Å². The number of carbonyl (C=O) groups excluding carboxylic acids is 1. The van der Waals surface area contributed by atoms with Crippen LogP contribution in [0.4, 0.5) is 5.69 Å². The van der Waals surface area contributed by atoms with E-state index in [1.165, 1.54) is 16.2 Å². The van der Waals surface area contributed by atoms with Gasteiger partial charge in [-0.05, 0) is 6.07 Å². The number of nitrogens with zero attached hydrogens (tertiary/aromatic N) is 2. The van der Waals surface area contributed by atoms with Gasteiger partial charge in [-0.1, -0.05) is 0 Å². The van der Waals surface area contributed by atoms with E-state index in [2.05, 4.69) is 4.98 Å². The number of amides is 1. The average Bonchev–Trinajstić information content (AvgIpc) is 2.67. The summed E-state index contributed by atoms with van der Waals surface area (Å²) in [6.07, 6.45) is 3.34. The molecule has 0 aromatic carbocycles. The Hall–Kier alpha value is -1.66. The van der Waals surface area contributed by atoms with Gasteiger partial charge in [0.15, 0.2) is 0 Å². The fraction of sp³-hybridized carbons (Fsp3) is 0.273. The fourth-order valence-electron chi connectivity index (χ4n) is 1.55. The van der Waals surface area contributed by atoms with Crippen molar-refractivity contribution in [3.63, 3.8) is 0 Å². The molecule has 0 fully saturated rings. The molecule has 3 N–H and O–H groups in total. The molecule has 0 unspecified atom stereocenters. The molecule has 90 valence electrons. The van der Waals surface area contributed by atoms with Crippen LogP contribution in [0.2, 0.25) is 0 Å². The van der Waals surface area contributed by atoms with Crippen molar-refractivity contribution in [3.05, 3.63) is 23.3 Å². The number of fused-ring (bicyclic) bond motifs is 1. The number of thiophene rings is 1. The number of likely N-dealkylation sites (N-methyl/N-ethyl adjacent to an activating group) is 1. The smallest absolute Gasteiger partial charge is 0.265 e. The van der Waals surface area contributed by atoms with Gasteiger partial charge < -0.3 is 15.7 Å². The normalized spacial score (nSPS) is 10.7. The summed E-state index contributed by atoms with van der Waals surface area (Å²) in [4.78, 5) is 18.0. The molecule has 2 rings (SSSR count). The quantitative estimate of drug-likeness (QED) is 0.851. The van der Waals surface area contributed by atoms with E-state index in [0.717, 1.165) is 10.1 Å². The van der Waals surface area contributed by atoms with Gasteiger partial charge in [-0.15, -0.1) is 11.3 Å². The molecule has 2 aromatic rings. The third-order valence-electron chi connectivity index (χ3n) is 2.51. The number of aliphatic hydroxyl groups excluding tert-OH is 1. The molecule has 0 spiro atoms. The molecule has 5 nitrogen and oxygen atoms in total.